The summed E-state index contributed by atoms with van der Waals surface area (Å²) >= 11 is 1.08. The number of carbonyl (C=O) groups is 2. The number of hydrogen-bond acceptors (Lipinski definition) is 4. The van der Waals surface area contributed by atoms with Crippen LogP contribution < -0.4 is 5.32 Å². The molecular formula is C20H18F3N3O2S. The molecule has 0 aliphatic carbocycles. The maximum absolute atomic E-state index is 12.9. The van der Waals surface area contributed by atoms with Crippen molar-refractivity contribution in [2.24, 2.45) is 4.99 Å². The minimum Gasteiger partial charge on any atom is -0.326 e. The molecule has 5 nitrogen and oxygen atoms in total. The lowest BCUT2D eigenvalue weighted by molar-refractivity contribution is -0.137. The van der Waals surface area contributed by atoms with E-state index in [0.29, 0.717) is 12.2 Å². The first-order valence-electron chi connectivity index (χ1n) is 8.87. The van der Waals surface area contributed by atoms with Crippen LogP contribution in [0.1, 0.15) is 18.9 Å². The van der Waals surface area contributed by atoms with Gasteiger partial charge in [-0.15, -0.1) is 0 Å². The van der Waals surface area contributed by atoms with Crippen LogP contribution in [0.4, 0.5) is 24.5 Å². The number of carbonyl (C=O) groups excluding carboxylic acids is 2. The summed E-state index contributed by atoms with van der Waals surface area (Å²) in [5, 5.41) is 2.33. The zero-order valence-corrected chi connectivity index (χ0v) is 16.3. The summed E-state index contributed by atoms with van der Waals surface area (Å²) in [6.45, 7) is 2.05. The van der Waals surface area contributed by atoms with Crippen LogP contribution in [0.3, 0.4) is 0 Å². The summed E-state index contributed by atoms with van der Waals surface area (Å²) in [5.41, 5.74) is -0.0865. The van der Waals surface area contributed by atoms with Gasteiger partial charge in [-0.05, 0) is 37.3 Å². The van der Waals surface area contributed by atoms with E-state index in [1.807, 2.05) is 6.07 Å². The first-order chi connectivity index (χ1) is 13.8. The fourth-order valence-electron chi connectivity index (χ4n) is 2.78. The molecule has 0 spiro atoms. The van der Waals surface area contributed by atoms with E-state index in [-0.39, 0.29) is 29.1 Å². The van der Waals surface area contributed by atoms with Gasteiger partial charge >= 0.3 is 6.18 Å². The van der Waals surface area contributed by atoms with Gasteiger partial charge in [-0.25, -0.2) is 4.99 Å². The Bertz CT molecular complexity index is 932. The zero-order valence-electron chi connectivity index (χ0n) is 15.4. The van der Waals surface area contributed by atoms with Crippen LogP contribution in [0, 0.1) is 0 Å². The molecule has 1 fully saturated rings. The molecule has 1 heterocycles. The van der Waals surface area contributed by atoms with E-state index in [1.54, 1.807) is 31.2 Å². The normalized spacial score (nSPS) is 18.3. The number of amides is 2. The Morgan fingerprint density at radius 1 is 1.17 bits per heavy atom. The predicted octanol–water partition coefficient (Wildman–Crippen LogP) is 4.69. The number of amidine groups is 1. The number of nitrogens with zero attached hydrogens (tertiary/aromatic N) is 2. The molecule has 0 bridgehead atoms. The second-order valence-electron chi connectivity index (χ2n) is 6.25. The Morgan fingerprint density at radius 2 is 1.90 bits per heavy atom. The van der Waals surface area contributed by atoms with Gasteiger partial charge in [0.05, 0.1) is 11.3 Å². The molecule has 0 unspecified atom stereocenters. The van der Waals surface area contributed by atoms with Crippen molar-refractivity contribution in [3.05, 3.63) is 60.2 Å². The number of halogens is 3. The third-order valence-electron chi connectivity index (χ3n) is 4.16. The van der Waals surface area contributed by atoms with E-state index in [0.717, 1.165) is 23.9 Å². The molecule has 1 saturated heterocycles. The molecule has 1 N–H and O–H groups in total. The molecule has 2 aromatic rings. The van der Waals surface area contributed by atoms with Crippen molar-refractivity contribution < 1.29 is 22.8 Å². The lowest BCUT2D eigenvalue weighted by Crippen LogP contribution is -2.33. The Kier molecular flexibility index (Phi) is 6.26. The highest BCUT2D eigenvalue weighted by molar-refractivity contribution is 8.15. The van der Waals surface area contributed by atoms with E-state index < -0.39 is 17.0 Å². The third kappa shape index (κ3) is 5.17. The Morgan fingerprint density at radius 3 is 2.55 bits per heavy atom. The molecule has 1 aliphatic heterocycles. The summed E-state index contributed by atoms with van der Waals surface area (Å²) < 4.78 is 38.7. The van der Waals surface area contributed by atoms with E-state index >= 15 is 0 Å². The number of hydrogen-bond donors (Lipinski definition) is 1. The summed E-state index contributed by atoms with van der Waals surface area (Å²) in [6.07, 6.45) is -4.53. The smallest absolute Gasteiger partial charge is 0.326 e. The minimum atomic E-state index is -4.47. The second kappa shape index (κ2) is 8.69. The molecule has 3 rings (SSSR count). The average molecular weight is 421 g/mol. The van der Waals surface area contributed by atoms with Crippen molar-refractivity contribution in [3.8, 4) is 0 Å². The second-order valence-corrected chi connectivity index (χ2v) is 7.42. The largest absolute Gasteiger partial charge is 0.416 e. The molecule has 9 heteroatoms. The molecule has 29 heavy (non-hydrogen) atoms. The fourth-order valence-corrected chi connectivity index (χ4v) is 4.00. The number of nitrogens with one attached hydrogen (secondary N) is 1. The number of thioether (sulfide) groups is 1. The van der Waals surface area contributed by atoms with E-state index in [4.69, 9.17) is 0 Å². The zero-order chi connectivity index (χ0) is 21.0. The number of benzene rings is 2. The molecule has 1 aliphatic rings. The first-order valence-corrected chi connectivity index (χ1v) is 9.74. The van der Waals surface area contributed by atoms with Crippen LogP contribution >= 0.6 is 11.8 Å². The van der Waals surface area contributed by atoms with Crippen molar-refractivity contribution >= 4 is 40.1 Å². The molecule has 2 aromatic carbocycles. The van der Waals surface area contributed by atoms with Crippen LogP contribution in [0.5, 0.6) is 0 Å². The molecule has 1 atom stereocenters. The van der Waals surface area contributed by atoms with Gasteiger partial charge in [0.25, 0.3) is 0 Å². The van der Waals surface area contributed by atoms with Crippen molar-refractivity contribution in [1.29, 1.82) is 0 Å². The standard InChI is InChI=1S/C20H18F3N3O2S/c1-2-26-18(28)16(12-17(27)24-14-8-4-3-5-9-14)29-19(26)25-15-10-6-7-13(11-15)20(21,22)23/h3-11,16H,2,12H2,1H3,(H,24,27)/t16-/m0/s1. The van der Waals surface area contributed by atoms with Crippen molar-refractivity contribution in [2.45, 2.75) is 24.8 Å². The quantitative estimate of drug-likeness (QED) is 0.762. The van der Waals surface area contributed by atoms with Gasteiger partial charge in [0, 0.05) is 18.7 Å². The van der Waals surface area contributed by atoms with Crippen LogP contribution in [-0.2, 0) is 15.8 Å². The SMILES string of the molecule is CCN1C(=O)[C@H](CC(=O)Nc2ccccc2)SC1=Nc1cccc(C(F)(F)F)c1. The minimum absolute atomic E-state index is 0.0590. The summed E-state index contributed by atoms with van der Waals surface area (Å²) in [6, 6.07) is 13.5. The maximum Gasteiger partial charge on any atom is 0.416 e. The van der Waals surface area contributed by atoms with Gasteiger partial charge in [-0.2, -0.15) is 13.2 Å². The lowest BCUT2D eigenvalue weighted by Gasteiger charge is -2.13. The topological polar surface area (TPSA) is 61.8 Å². The fraction of sp³-hybridized carbons (Fsp3) is 0.250. The van der Waals surface area contributed by atoms with Crippen LogP contribution in [-0.4, -0.2) is 33.7 Å². The summed E-state index contributed by atoms with van der Waals surface area (Å²) in [4.78, 5) is 30.5. The summed E-state index contributed by atoms with van der Waals surface area (Å²) in [7, 11) is 0. The van der Waals surface area contributed by atoms with Crippen LogP contribution in [0.25, 0.3) is 0 Å². The molecular weight excluding hydrogens is 403 g/mol. The number of aliphatic imine (C=N–C) groups is 1. The Balaban J connectivity index is 1.75. The first kappa shape index (κ1) is 20.9. The molecule has 0 saturated carbocycles. The molecule has 152 valence electrons. The van der Waals surface area contributed by atoms with Gasteiger partial charge in [0.15, 0.2) is 5.17 Å². The Hall–Kier alpha value is -2.81. The van der Waals surface area contributed by atoms with Gasteiger partial charge in [-0.1, -0.05) is 36.0 Å². The summed E-state index contributed by atoms with van der Waals surface area (Å²) in [5.74, 6) is -0.607. The number of para-hydroxylation sites is 1. The van der Waals surface area contributed by atoms with Crippen molar-refractivity contribution in [1.82, 2.24) is 4.90 Å². The predicted molar refractivity (Wildman–Crippen MR) is 107 cm³/mol. The van der Waals surface area contributed by atoms with Crippen LogP contribution in [0.15, 0.2) is 59.6 Å². The molecule has 2 amide bonds. The van der Waals surface area contributed by atoms with Gasteiger partial charge < -0.3 is 5.32 Å². The lowest BCUT2D eigenvalue weighted by atomic mass is 10.2. The van der Waals surface area contributed by atoms with Crippen LogP contribution in [0.2, 0.25) is 0 Å². The van der Waals surface area contributed by atoms with Gasteiger partial charge in [-0.3, -0.25) is 14.5 Å². The third-order valence-corrected chi connectivity index (χ3v) is 5.34. The van der Waals surface area contributed by atoms with Crippen molar-refractivity contribution in [3.63, 3.8) is 0 Å². The Labute approximate surface area is 170 Å². The van der Waals surface area contributed by atoms with E-state index in [9.17, 15) is 22.8 Å². The number of anilines is 1. The van der Waals surface area contributed by atoms with Gasteiger partial charge in [0.2, 0.25) is 11.8 Å². The van der Waals surface area contributed by atoms with Gasteiger partial charge in [0.1, 0.15) is 5.25 Å². The highest BCUT2D eigenvalue weighted by Crippen LogP contribution is 2.34. The maximum atomic E-state index is 12.9. The molecule has 0 radical (unpaired) electrons. The van der Waals surface area contributed by atoms with E-state index in [2.05, 4.69) is 10.3 Å². The highest BCUT2D eigenvalue weighted by atomic mass is 32.2. The molecule has 0 aromatic heterocycles. The monoisotopic (exact) mass is 421 g/mol. The highest BCUT2D eigenvalue weighted by Gasteiger charge is 2.38. The van der Waals surface area contributed by atoms with Crippen molar-refractivity contribution in [2.75, 3.05) is 11.9 Å². The number of rotatable bonds is 5. The number of alkyl halides is 3. The van der Waals surface area contributed by atoms with E-state index in [1.165, 1.54) is 17.0 Å². The average Bonchev–Trinajstić information content (AvgIpc) is 2.96.